The first-order valence-corrected chi connectivity index (χ1v) is 7.46. The molecule has 1 fully saturated rings. The number of benzene rings is 1. The van der Waals surface area contributed by atoms with Crippen LogP contribution in [0.1, 0.15) is 31.7 Å². The fourth-order valence-corrected chi connectivity index (χ4v) is 3.58. The molecule has 2 rings (SSSR count). The third-order valence-electron chi connectivity index (χ3n) is 3.31. The van der Waals surface area contributed by atoms with Gasteiger partial charge >= 0.3 is 0 Å². The molecule has 2 unspecified atom stereocenters. The van der Waals surface area contributed by atoms with E-state index in [0.29, 0.717) is 5.25 Å². The average molecular weight is 282 g/mol. The van der Waals surface area contributed by atoms with Crippen LogP contribution >= 0.6 is 11.8 Å². The predicted octanol–water partition coefficient (Wildman–Crippen LogP) is 3.92. The lowest BCUT2D eigenvalue weighted by Gasteiger charge is -2.16. The summed E-state index contributed by atoms with van der Waals surface area (Å²) >= 11 is 1.90. The number of nitrogens with zero attached hydrogens (tertiary/aromatic N) is 1. The standard InChI is InChI=1S/C14H16F2N2S/c1-2-19-11-4-3-10(7-11)18-14-12(15)5-9(8-17)6-13(14)16/h5-6,10-11,18H,2-4,7H2,1H3. The van der Waals surface area contributed by atoms with Crippen molar-refractivity contribution in [2.24, 2.45) is 0 Å². The quantitative estimate of drug-likeness (QED) is 0.909. The molecule has 1 N–H and O–H groups in total. The van der Waals surface area contributed by atoms with E-state index in [1.54, 1.807) is 6.07 Å². The molecule has 0 spiro atoms. The van der Waals surface area contributed by atoms with Crippen molar-refractivity contribution in [2.75, 3.05) is 11.1 Å². The second kappa shape index (κ2) is 6.25. The second-order valence-corrected chi connectivity index (χ2v) is 6.24. The summed E-state index contributed by atoms with van der Waals surface area (Å²) in [5, 5.41) is 12.2. The van der Waals surface area contributed by atoms with Crippen molar-refractivity contribution in [1.82, 2.24) is 0 Å². The Balaban J connectivity index is 2.06. The molecule has 0 bridgehead atoms. The molecule has 0 aliphatic heterocycles. The average Bonchev–Trinajstić information content (AvgIpc) is 2.81. The highest BCUT2D eigenvalue weighted by Gasteiger charge is 2.26. The van der Waals surface area contributed by atoms with Crippen LogP contribution in [0.15, 0.2) is 12.1 Å². The molecule has 0 saturated heterocycles. The molecular weight excluding hydrogens is 266 g/mol. The third-order valence-corrected chi connectivity index (χ3v) is 4.54. The Labute approximate surface area is 116 Å². The first kappa shape index (κ1) is 14.1. The molecule has 0 aromatic heterocycles. The van der Waals surface area contributed by atoms with Crippen molar-refractivity contribution >= 4 is 17.4 Å². The lowest BCUT2D eigenvalue weighted by Crippen LogP contribution is -2.18. The van der Waals surface area contributed by atoms with Gasteiger partial charge in [0.25, 0.3) is 0 Å². The number of hydrogen-bond acceptors (Lipinski definition) is 3. The van der Waals surface area contributed by atoms with E-state index in [1.807, 2.05) is 11.8 Å². The molecule has 1 saturated carbocycles. The molecule has 5 heteroatoms. The van der Waals surface area contributed by atoms with Crippen LogP contribution < -0.4 is 5.32 Å². The van der Waals surface area contributed by atoms with E-state index < -0.39 is 11.6 Å². The summed E-state index contributed by atoms with van der Waals surface area (Å²) < 4.78 is 27.5. The fourth-order valence-electron chi connectivity index (χ4n) is 2.44. The molecule has 1 aliphatic rings. The van der Waals surface area contributed by atoms with Gasteiger partial charge in [0.05, 0.1) is 11.6 Å². The van der Waals surface area contributed by atoms with Crippen molar-refractivity contribution in [3.63, 3.8) is 0 Å². The summed E-state index contributed by atoms with van der Waals surface area (Å²) in [4.78, 5) is 0. The van der Waals surface area contributed by atoms with Gasteiger partial charge < -0.3 is 5.32 Å². The van der Waals surface area contributed by atoms with Gasteiger partial charge in [-0.15, -0.1) is 0 Å². The van der Waals surface area contributed by atoms with Gasteiger partial charge in [-0.1, -0.05) is 6.92 Å². The minimum absolute atomic E-state index is 0.00591. The van der Waals surface area contributed by atoms with Gasteiger partial charge in [0.15, 0.2) is 11.6 Å². The first-order valence-electron chi connectivity index (χ1n) is 6.41. The van der Waals surface area contributed by atoms with Crippen LogP contribution in [0.3, 0.4) is 0 Å². The van der Waals surface area contributed by atoms with Gasteiger partial charge in [-0.3, -0.25) is 0 Å². The zero-order chi connectivity index (χ0) is 13.8. The van der Waals surface area contributed by atoms with E-state index in [1.165, 1.54) is 0 Å². The van der Waals surface area contributed by atoms with E-state index in [2.05, 4.69) is 12.2 Å². The number of nitriles is 1. The van der Waals surface area contributed by atoms with E-state index in [0.717, 1.165) is 37.1 Å². The Morgan fingerprint density at radius 3 is 2.63 bits per heavy atom. The van der Waals surface area contributed by atoms with Crippen LogP contribution in [0.2, 0.25) is 0 Å². The Morgan fingerprint density at radius 2 is 2.05 bits per heavy atom. The summed E-state index contributed by atoms with van der Waals surface area (Å²) in [6, 6.07) is 3.99. The normalized spacial score (nSPS) is 22.2. The summed E-state index contributed by atoms with van der Waals surface area (Å²) in [7, 11) is 0. The number of rotatable bonds is 4. The van der Waals surface area contributed by atoms with Crippen LogP contribution in [0.4, 0.5) is 14.5 Å². The fraction of sp³-hybridized carbons (Fsp3) is 0.500. The lowest BCUT2D eigenvalue weighted by molar-refractivity contribution is 0.580. The van der Waals surface area contributed by atoms with Crippen LogP contribution in [0.5, 0.6) is 0 Å². The Morgan fingerprint density at radius 1 is 1.37 bits per heavy atom. The second-order valence-electron chi connectivity index (χ2n) is 4.66. The third kappa shape index (κ3) is 3.38. The van der Waals surface area contributed by atoms with Gasteiger partial charge in [0.1, 0.15) is 5.69 Å². The predicted molar refractivity (Wildman–Crippen MR) is 74.3 cm³/mol. The van der Waals surface area contributed by atoms with Gasteiger partial charge in [0, 0.05) is 11.3 Å². The molecule has 1 aromatic rings. The van der Waals surface area contributed by atoms with E-state index in [4.69, 9.17) is 5.26 Å². The van der Waals surface area contributed by atoms with Crippen LogP contribution in [0.25, 0.3) is 0 Å². The van der Waals surface area contributed by atoms with Gasteiger partial charge in [-0.2, -0.15) is 17.0 Å². The number of nitrogens with one attached hydrogen (secondary N) is 1. The molecule has 0 amide bonds. The molecule has 1 aromatic carbocycles. The summed E-state index contributed by atoms with van der Waals surface area (Å²) in [5.41, 5.74) is -0.0995. The summed E-state index contributed by atoms with van der Waals surface area (Å²) in [6.45, 7) is 2.12. The SMILES string of the molecule is CCSC1CCC(Nc2c(F)cc(C#N)cc2F)C1. The molecule has 19 heavy (non-hydrogen) atoms. The minimum Gasteiger partial charge on any atom is -0.378 e. The van der Waals surface area contributed by atoms with Crippen molar-refractivity contribution < 1.29 is 8.78 Å². The largest absolute Gasteiger partial charge is 0.378 e. The van der Waals surface area contributed by atoms with Crippen LogP contribution in [-0.4, -0.2) is 17.0 Å². The van der Waals surface area contributed by atoms with Crippen LogP contribution in [0, 0.1) is 23.0 Å². The zero-order valence-corrected chi connectivity index (χ0v) is 11.6. The monoisotopic (exact) mass is 282 g/mol. The molecule has 1 aliphatic carbocycles. The molecule has 102 valence electrons. The first-order chi connectivity index (χ1) is 9.13. The highest BCUT2D eigenvalue weighted by molar-refractivity contribution is 7.99. The van der Waals surface area contributed by atoms with E-state index in [9.17, 15) is 8.78 Å². The van der Waals surface area contributed by atoms with Crippen molar-refractivity contribution in [1.29, 1.82) is 5.26 Å². The Hall–Kier alpha value is -1.28. The molecule has 2 nitrogen and oxygen atoms in total. The molecule has 0 heterocycles. The van der Waals surface area contributed by atoms with Crippen molar-refractivity contribution in [3.8, 4) is 6.07 Å². The molecule has 2 atom stereocenters. The maximum atomic E-state index is 13.7. The van der Waals surface area contributed by atoms with E-state index in [-0.39, 0.29) is 17.3 Å². The Kier molecular flexibility index (Phi) is 4.65. The minimum atomic E-state index is -0.692. The van der Waals surface area contributed by atoms with Crippen molar-refractivity contribution in [2.45, 2.75) is 37.5 Å². The number of anilines is 1. The Bertz CT molecular complexity index is 476. The van der Waals surface area contributed by atoms with Gasteiger partial charge in [-0.25, -0.2) is 8.78 Å². The number of hydrogen-bond donors (Lipinski definition) is 1. The number of halogens is 2. The van der Waals surface area contributed by atoms with Gasteiger partial charge in [0.2, 0.25) is 0 Å². The maximum Gasteiger partial charge on any atom is 0.150 e. The highest BCUT2D eigenvalue weighted by atomic mass is 32.2. The van der Waals surface area contributed by atoms with E-state index >= 15 is 0 Å². The maximum absolute atomic E-state index is 13.7. The van der Waals surface area contributed by atoms with Crippen LogP contribution in [-0.2, 0) is 0 Å². The van der Waals surface area contributed by atoms with Gasteiger partial charge in [-0.05, 0) is 37.1 Å². The summed E-state index contributed by atoms with van der Waals surface area (Å²) in [6.07, 6.45) is 2.93. The number of thioether (sulfide) groups is 1. The summed E-state index contributed by atoms with van der Waals surface area (Å²) in [5.74, 6) is -0.317. The molecular formula is C14H16F2N2S. The zero-order valence-electron chi connectivity index (χ0n) is 10.7. The topological polar surface area (TPSA) is 35.8 Å². The highest BCUT2D eigenvalue weighted by Crippen LogP contribution is 2.32. The van der Waals surface area contributed by atoms with Crippen molar-refractivity contribution in [3.05, 3.63) is 29.3 Å². The molecule has 0 radical (unpaired) electrons. The lowest BCUT2D eigenvalue weighted by atomic mass is 10.1. The smallest absolute Gasteiger partial charge is 0.150 e.